The minimum Gasteiger partial charge on any atom is -0.482 e. The molecule has 0 atom stereocenters. The smallest absolute Gasteiger partial charge is 0.271 e. The average molecular weight is 350 g/mol. The summed E-state index contributed by atoms with van der Waals surface area (Å²) in [5.74, 6) is -1.36. The molecule has 0 aliphatic heterocycles. The summed E-state index contributed by atoms with van der Waals surface area (Å²) in [7, 11) is 0. The molecule has 6 nitrogen and oxygen atoms in total. The van der Waals surface area contributed by atoms with E-state index in [1.807, 2.05) is 0 Å². The number of primary amides is 1. The van der Waals surface area contributed by atoms with E-state index in [9.17, 15) is 14.0 Å². The van der Waals surface area contributed by atoms with Crippen LogP contribution in [0.25, 0.3) is 0 Å². The number of nitrogens with one attached hydrogen (secondary N) is 1. The van der Waals surface area contributed by atoms with Crippen molar-refractivity contribution in [1.29, 1.82) is 0 Å². The van der Waals surface area contributed by atoms with Crippen molar-refractivity contribution in [2.24, 2.45) is 10.8 Å². The fraction of sp³-hybridized carbons (Fsp3) is 0.0625. The van der Waals surface area contributed by atoms with Crippen molar-refractivity contribution >= 4 is 29.6 Å². The SMILES string of the molecule is NC(=O)COc1ccc(C=NNC(=O)c2cccc(F)c2)cc1Cl. The van der Waals surface area contributed by atoms with Crippen LogP contribution in [-0.2, 0) is 4.79 Å². The normalized spacial score (nSPS) is 10.6. The lowest BCUT2D eigenvalue weighted by atomic mass is 10.2. The van der Waals surface area contributed by atoms with Crippen LogP contribution in [0.3, 0.4) is 0 Å². The predicted octanol–water partition coefficient (Wildman–Crippen LogP) is 2.11. The van der Waals surface area contributed by atoms with Crippen molar-refractivity contribution in [2.75, 3.05) is 6.61 Å². The molecule has 0 heterocycles. The molecule has 0 aliphatic rings. The van der Waals surface area contributed by atoms with Gasteiger partial charge in [-0.25, -0.2) is 9.82 Å². The van der Waals surface area contributed by atoms with Gasteiger partial charge in [0.1, 0.15) is 11.6 Å². The molecule has 2 amide bonds. The molecule has 0 spiro atoms. The third kappa shape index (κ3) is 5.06. The zero-order chi connectivity index (χ0) is 17.5. The highest BCUT2D eigenvalue weighted by molar-refractivity contribution is 6.32. The van der Waals surface area contributed by atoms with Crippen LogP contribution < -0.4 is 15.9 Å². The molecular weight excluding hydrogens is 337 g/mol. The minimum absolute atomic E-state index is 0.153. The third-order valence-corrected chi connectivity index (χ3v) is 3.09. The summed E-state index contributed by atoms with van der Waals surface area (Å²) in [6.07, 6.45) is 1.36. The van der Waals surface area contributed by atoms with E-state index in [0.717, 1.165) is 6.07 Å². The maximum Gasteiger partial charge on any atom is 0.271 e. The van der Waals surface area contributed by atoms with Gasteiger partial charge in [-0.05, 0) is 42.0 Å². The van der Waals surface area contributed by atoms with Crippen LogP contribution in [0.15, 0.2) is 47.6 Å². The van der Waals surface area contributed by atoms with E-state index in [1.165, 1.54) is 30.5 Å². The standard InChI is InChI=1S/C16H13ClFN3O3/c17-13-6-10(4-5-14(13)24-9-15(19)22)8-20-21-16(23)11-2-1-3-12(18)7-11/h1-8H,9H2,(H2,19,22)(H,21,23). The van der Waals surface area contributed by atoms with Gasteiger partial charge in [0.05, 0.1) is 11.2 Å². The van der Waals surface area contributed by atoms with Crippen molar-refractivity contribution in [3.8, 4) is 5.75 Å². The van der Waals surface area contributed by atoms with Gasteiger partial charge < -0.3 is 10.5 Å². The summed E-state index contributed by atoms with van der Waals surface area (Å²) in [6, 6.07) is 9.95. The second kappa shape index (κ2) is 8.07. The zero-order valence-electron chi connectivity index (χ0n) is 12.3. The fourth-order valence-electron chi connectivity index (χ4n) is 1.72. The Hall–Kier alpha value is -2.93. The molecule has 8 heteroatoms. The summed E-state index contributed by atoms with van der Waals surface area (Å²) < 4.78 is 18.1. The molecular formula is C16H13ClFN3O3. The first-order chi connectivity index (χ1) is 11.5. The number of carbonyl (C=O) groups excluding carboxylic acids is 2. The molecule has 2 aromatic rings. The summed E-state index contributed by atoms with van der Waals surface area (Å²) in [5, 5.41) is 4.03. The van der Waals surface area contributed by atoms with Gasteiger partial charge in [-0.15, -0.1) is 0 Å². The first kappa shape index (κ1) is 17.4. The van der Waals surface area contributed by atoms with Crippen molar-refractivity contribution < 1.29 is 18.7 Å². The molecule has 0 saturated carbocycles. The van der Waals surface area contributed by atoms with Crippen LogP contribution in [0.5, 0.6) is 5.75 Å². The predicted molar refractivity (Wildman–Crippen MR) is 87.6 cm³/mol. The second-order valence-electron chi connectivity index (χ2n) is 4.65. The summed E-state index contributed by atoms with van der Waals surface area (Å²) >= 11 is 6.00. The van der Waals surface area contributed by atoms with Gasteiger partial charge in [0.2, 0.25) is 0 Å². The summed E-state index contributed by atoms with van der Waals surface area (Å²) in [4.78, 5) is 22.4. The average Bonchev–Trinajstić information content (AvgIpc) is 2.53. The van der Waals surface area contributed by atoms with Crippen molar-refractivity contribution in [2.45, 2.75) is 0 Å². The topological polar surface area (TPSA) is 93.8 Å². The second-order valence-corrected chi connectivity index (χ2v) is 5.06. The lowest BCUT2D eigenvalue weighted by molar-refractivity contribution is -0.119. The Balaban J connectivity index is 1.98. The number of amides is 2. The molecule has 2 aromatic carbocycles. The summed E-state index contributed by atoms with van der Waals surface area (Å²) in [5.41, 5.74) is 8.00. The lowest BCUT2D eigenvalue weighted by Crippen LogP contribution is -2.20. The molecule has 0 radical (unpaired) electrons. The highest BCUT2D eigenvalue weighted by Crippen LogP contribution is 2.24. The highest BCUT2D eigenvalue weighted by Gasteiger charge is 2.06. The van der Waals surface area contributed by atoms with Gasteiger partial charge in [0.15, 0.2) is 6.61 Å². The third-order valence-electron chi connectivity index (χ3n) is 2.79. The first-order valence-corrected chi connectivity index (χ1v) is 7.13. The molecule has 0 saturated heterocycles. The monoisotopic (exact) mass is 349 g/mol. The Bertz CT molecular complexity index is 796. The molecule has 24 heavy (non-hydrogen) atoms. The molecule has 0 aromatic heterocycles. The largest absolute Gasteiger partial charge is 0.482 e. The number of hydrogen-bond donors (Lipinski definition) is 2. The number of carbonyl (C=O) groups is 2. The summed E-state index contributed by atoms with van der Waals surface area (Å²) in [6.45, 7) is -0.281. The Morgan fingerprint density at radius 2 is 2.08 bits per heavy atom. The van der Waals surface area contributed by atoms with Crippen LogP contribution in [0.1, 0.15) is 15.9 Å². The van der Waals surface area contributed by atoms with Gasteiger partial charge >= 0.3 is 0 Å². The molecule has 0 unspecified atom stereocenters. The molecule has 124 valence electrons. The minimum atomic E-state index is -0.614. The van der Waals surface area contributed by atoms with Crippen molar-refractivity contribution in [1.82, 2.24) is 5.43 Å². The van der Waals surface area contributed by atoms with Gasteiger partial charge in [-0.1, -0.05) is 17.7 Å². The van der Waals surface area contributed by atoms with Crippen molar-refractivity contribution in [3.63, 3.8) is 0 Å². The van der Waals surface area contributed by atoms with Crippen molar-refractivity contribution in [3.05, 3.63) is 64.4 Å². The molecule has 0 aliphatic carbocycles. The zero-order valence-corrected chi connectivity index (χ0v) is 13.1. The quantitative estimate of drug-likeness (QED) is 0.617. The van der Waals surface area contributed by atoms with Gasteiger partial charge in [-0.3, -0.25) is 9.59 Å². The molecule has 3 N–H and O–H groups in total. The molecule has 0 fully saturated rings. The Labute approximate surface area is 142 Å². The fourth-order valence-corrected chi connectivity index (χ4v) is 1.97. The van der Waals surface area contributed by atoms with Gasteiger partial charge in [0.25, 0.3) is 11.8 Å². The van der Waals surface area contributed by atoms with Crippen LogP contribution >= 0.6 is 11.6 Å². The van der Waals surface area contributed by atoms with E-state index in [4.69, 9.17) is 22.1 Å². The number of nitrogens with two attached hydrogens (primary N) is 1. The molecule has 2 rings (SSSR count). The number of benzene rings is 2. The van der Waals surface area contributed by atoms with Gasteiger partial charge in [0, 0.05) is 5.56 Å². The first-order valence-electron chi connectivity index (χ1n) is 6.75. The lowest BCUT2D eigenvalue weighted by Gasteiger charge is -2.06. The van der Waals surface area contributed by atoms with E-state index in [-0.39, 0.29) is 17.2 Å². The van der Waals surface area contributed by atoms with E-state index in [2.05, 4.69) is 10.5 Å². The maximum absolute atomic E-state index is 13.0. The van der Waals surface area contributed by atoms with E-state index in [1.54, 1.807) is 12.1 Å². The van der Waals surface area contributed by atoms with Crippen LogP contribution in [-0.4, -0.2) is 24.6 Å². The molecule has 0 bridgehead atoms. The Morgan fingerprint density at radius 3 is 2.75 bits per heavy atom. The number of hydrogen-bond acceptors (Lipinski definition) is 4. The number of hydrazone groups is 1. The Kier molecular flexibility index (Phi) is 5.86. The number of halogens is 2. The van der Waals surface area contributed by atoms with Crippen LogP contribution in [0.4, 0.5) is 4.39 Å². The van der Waals surface area contributed by atoms with Gasteiger partial charge in [-0.2, -0.15) is 5.10 Å². The van der Waals surface area contributed by atoms with E-state index >= 15 is 0 Å². The maximum atomic E-state index is 13.0. The number of ether oxygens (including phenoxy) is 1. The van der Waals surface area contributed by atoms with E-state index < -0.39 is 17.6 Å². The van der Waals surface area contributed by atoms with Crippen LogP contribution in [0.2, 0.25) is 5.02 Å². The highest BCUT2D eigenvalue weighted by atomic mass is 35.5. The number of nitrogens with zero attached hydrogens (tertiary/aromatic N) is 1. The Morgan fingerprint density at radius 1 is 1.29 bits per heavy atom. The van der Waals surface area contributed by atoms with Crippen LogP contribution in [0, 0.1) is 5.82 Å². The number of rotatable bonds is 6. The van der Waals surface area contributed by atoms with E-state index in [0.29, 0.717) is 11.3 Å².